The third-order valence-electron chi connectivity index (χ3n) is 9.58. The van der Waals surface area contributed by atoms with Crippen LogP contribution >= 0.6 is 11.6 Å². The van der Waals surface area contributed by atoms with Crippen LogP contribution in [0.5, 0.6) is 11.8 Å². The molecule has 4 aromatic rings. The van der Waals surface area contributed by atoms with Gasteiger partial charge in [0.05, 0.1) is 37.8 Å². The molecule has 392 valence electrons. The normalized spacial score (nSPS) is 20.3. The minimum atomic E-state index is -0.750. The summed E-state index contributed by atoms with van der Waals surface area (Å²) < 4.78 is 91.6. The van der Waals surface area contributed by atoms with E-state index >= 15 is 0 Å². The molecule has 0 radical (unpaired) electrons. The van der Waals surface area contributed by atoms with E-state index < -0.39 is 23.1 Å². The fourth-order valence-corrected chi connectivity index (χ4v) is 6.88. The standard InChI is InChI=1S/C18H21FN4O2.C11H14ClN3O2.C7H8FN.2C5H10O2.2O2S/c1-11-2-3-16(15(19)4-11)23-17-7-18(21-10-20-17)25-14-5-12-8-24-9-13(6-14)22-12;12-10-3-11(14-6-13-10)17-9-1-7-4-16-5-8(2-9)15-7;1-5-2-3-7(9)6(8)4-5;2*1-5(2,3)7-4-6;2*1-3-2/h2-4,7,10,12-14,22H,5-6,8-9H2,1H3,(H,20,21,23);3,6-9,15H,1-2,4-5H2;2-4H,9H2,1H3;2*4H,1-3H3;;. The molecule has 6 heterocycles. The lowest BCUT2D eigenvalue weighted by atomic mass is 9.95. The highest BCUT2D eigenvalue weighted by molar-refractivity contribution is 7.51. The van der Waals surface area contributed by atoms with Gasteiger partial charge in [-0.15, -0.1) is 0 Å². The Morgan fingerprint density at radius 3 is 1.44 bits per heavy atom. The second-order valence-corrected chi connectivity index (χ2v) is 18.6. The smallest absolute Gasteiger partial charge is 0.335 e. The van der Waals surface area contributed by atoms with E-state index in [0.29, 0.717) is 65.5 Å². The summed E-state index contributed by atoms with van der Waals surface area (Å²) in [7, 11) is 0. The Hall–Kier alpha value is -5.63. The first-order valence-corrected chi connectivity index (χ1v) is 23.7. The largest absolute Gasteiger partial charge is 0.474 e. The maximum atomic E-state index is 14.0. The topological polar surface area (TPSA) is 271 Å². The molecule has 20 nitrogen and oxygen atoms in total. The molecule has 4 aliphatic rings. The van der Waals surface area contributed by atoms with Crippen molar-refractivity contribution in [2.75, 3.05) is 37.5 Å². The van der Waals surface area contributed by atoms with Crippen molar-refractivity contribution in [1.29, 1.82) is 0 Å². The number of benzene rings is 2. The lowest BCUT2D eigenvalue weighted by Crippen LogP contribution is -2.56. The quantitative estimate of drug-likeness (QED) is 0.0910. The van der Waals surface area contributed by atoms with Gasteiger partial charge in [0.25, 0.3) is 12.9 Å². The van der Waals surface area contributed by atoms with Crippen LogP contribution < -0.4 is 31.2 Å². The number of nitrogens with one attached hydrogen (secondary N) is 3. The number of hydrogen-bond donors (Lipinski definition) is 4. The predicted molar refractivity (Wildman–Crippen MR) is 261 cm³/mol. The third kappa shape index (κ3) is 27.0. The van der Waals surface area contributed by atoms with Gasteiger partial charge in [-0.2, -0.15) is 16.8 Å². The second-order valence-electron chi connectivity index (χ2n) is 18.0. The van der Waals surface area contributed by atoms with Crippen molar-refractivity contribution in [2.45, 2.75) is 129 Å². The average molecular weight is 1060 g/mol. The van der Waals surface area contributed by atoms with Crippen LogP contribution in [0.25, 0.3) is 0 Å². The van der Waals surface area contributed by atoms with Crippen molar-refractivity contribution in [3.8, 4) is 11.8 Å². The molecule has 0 amide bonds. The maximum Gasteiger partial charge on any atom is 0.335 e. The van der Waals surface area contributed by atoms with E-state index in [1.165, 1.54) is 24.8 Å². The zero-order valence-corrected chi connectivity index (χ0v) is 43.2. The van der Waals surface area contributed by atoms with E-state index in [4.69, 9.17) is 53.1 Å². The molecule has 0 aliphatic carbocycles. The van der Waals surface area contributed by atoms with Gasteiger partial charge in [0.2, 0.25) is 11.8 Å². The van der Waals surface area contributed by atoms with Crippen molar-refractivity contribution in [3.05, 3.63) is 89.1 Å². The molecule has 4 unspecified atom stereocenters. The Balaban J connectivity index is 0.000000324. The Morgan fingerprint density at radius 2 is 1.07 bits per heavy atom. The maximum absolute atomic E-state index is 14.0. The van der Waals surface area contributed by atoms with Gasteiger partial charge < -0.3 is 50.1 Å². The molecular weight excluding hydrogens is 994 g/mol. The van der Waals surface area contributed by atoms with Gasteiger partial charge in [-0.3, -0.25) is 9.59 Å². The number of nitrogen functional groups attached to an aromatic ring is 1. The number of halogens is 3. The van der Waals surface area contributed by atoms with E-state index in [-0.39, 0.29) is 40.7 Å². The molecule has 4 aliphatic heterocycles. The van der Waals surface area contributed by atoms with Crippen LogP contribution in [0.3, 0.4) is 0 Å². The number of anilines is 3. The van der Waals surface area contributed by atoms with Gasteiger partial charge in [0.1, 0.15) is 58.7 Å². The molecule has 4 atom stereocenters. The second kappa shape index (κ2) is 32.4. The van der Waals surface area contributed by atoms with Gasteiger partial charge in [-0.05, 0) is 90.8 Å². The number of nitrogens with two attached hydrogens (primary N) is 1. The number of aromatic nitrogens is 4. The van der Waals surface area contributed by atoms with Gasteiger partial charge in [0, 0.05) is 62.0 Å². The van der Waals surface area contributed by atoms with Crippen molar-refractivity contribution >= 4 is 64.9 Å². The molecule has 71 heavy (non-hydrogen) atoms. The molecule has 4 saturated heterocycles. The van der Waals surface area contributed by atoms with E-state index in [2.05, 4.69) is 45.4 Å². The molecule has 4 fully saturated rings. The van der Waals surface area contributed by atoms with Crippen LogP contribution in [0.15, 0.2) is 61.2 Å². The summed E-state index contributed by atoms with van der Waals surface area (Å²) in [4.78, 5) is 35.4. The molecule has 2 aromatic carbocycles. The molecule has 0 saturated carbocycles. The summed E-state index contributed by atoms with van der Waals surface area (Å²) in [5, 5.41) is 10.4. The van der Waals surface area contributed by atoms with Crippen LogP contribution in [0.2, 0.25) is 5.15 Å². The highest BCUT2D eigenvalue weighted by atomic mass is 35.5. The molecule has 4 bridgehead atoms. The van der Waals surface area contributed by atoms with Gasteiger partial charge in [0.15, 0.2) is 0 Å². The number of aryl methyl sites for hydroxylation is 2. The fraction of sp³-hybridized carbons (Fsp3) is 0.522. The van der Waals surface area contributed by atoms with Crippen molar-refractivity contribution < 1.29 is 63.6 Å². The van der Waals surface area contributed by atoms with Gasteiger partial charge in [-0.1, -0.05) is 23.7 Å². The van der Waals surface area contributed by atoms with Gasteiger partial charge >= 0.3 is 23.1 Å². The minimum absolute atomic E-state index is 0.0963. The highest BCUT2D eigenvalue weighted by Crippen LogP contribution is 2.26. The predicted octanol–water partition coefficient (Wildman–Crippen LogP) is 5.89. The number of ether oxygens (including phenoxy) is 6. The Kier molecular flexibility index (Phi) is 28.0. The van der Waals surface area contributed by atoms with E-state index in [9.17, 15) is 18.4 Å². The Morgan fingerprint density at radius 1 is 0.662 bits per heavy atom. The average Bonchev–Trinajstić information content (AvgIpc) is 3.27. The highest BCUT2D eigenvalue weighted by Gasteiger charge is 2.34. The summed E-state index contributed by atoms with van der Waals surface area (Å²) in [5.74, 6) is 0.902. The van der Waals surface area contributed by atoms with Crippen molar-refractivity contribution in [3.63, 3.8) is 0 Å². The van der Waals surface area contributed by atoms with E-state index in [1.807, 2.05) is 61.5 Å². The fourth-order valence-electron chi connectivity index (χ4n) is 6.74. The molecular formula is C46H63ClF2N8O12S2. The molecule has 0 spiro atoms. The minimum Gasteiger partial charge on any atom is -0.474 e. The first-order valence-electron chi connectivity index (χ1n) is 22.0. The van der Waals surface area contributed by atoms with E-state index in [0.717, 1.165) is 63.2 Å². The number of carbonyl (C=O) groups excluding carboxylic acids is 2. The number of hydrogen-bond acceptors (Lipinski definition) is 20. The van der Waals surface area contributed by atoms with Gasteiger partial charge in [-0.25, -0.2) is 28.7 Å². The zero-order chi connectivity index (χ0) is 53.0. The van der Waals surface area contributed by atoms with E-state index in [1.54, 1.807) is 30.3 Å². The number of morpholine rings is 2. The molecule has 25 heteroatoms. The zero-order valence-electron chi connectivity index (χ0n) is 40.8. The number of fused-ring (bicyclic) bond motifs is 4. The van der Waals surface area contributed by atoms with Crippen LogP contribution in [0.4, 0.5) is 26.0 Å². The lowest BCUT2D eigenvalue weighted by molar-refractivity contribution is -0.139. The van der Waals surface area contributed by atoms with Crippen LogP contribution in [0.1, 0.15) is 78.4 Å². The van der Waals surface area contributed by atoms with Crippen molar-refractivity contribution in [2.24, 2.45) is 0 Å². The first-order chi connectivity index (χ1) is 33.6. The number of rotatable bonds is 8. The Labute approximate surface area is 424 Å². The lowest BCUT2D eigenvalue weighted by Gasteiger charge is -2.39. The summed E-state index contributed by atoms with van der Waals surface area (Å²) in [5.41, 5.74) is 6.93. The summed E-state index contributed by atoms with van der Waals surface area (Å²) in [6.07, 6.45) is 6.78. The molecule has 2 aromatic heterocycles. The summed E-state index contributed by atoms with van der Waals surface area (Å²) in [6.45, 7) is 18.5. The molecule has 5 N–H and O–H groups in total. The summed E-state index contributed by atoms with van der Waals surface area (Å²) >= 11 is 4.29. The molecule has 8 rings (SSSR count). The number of carbonyl (C=O) groups is 2. The monoisotopic (exact) mass is 1060 g/mol. The van der Waals surface area contributed by atoms with Crippen LogP contribution in [-0.4, -0.2) is 124 Å². The number of piperidine rings is 2. The third-order valence-corrected chi connectivity index (χ3v) is 9.79. The first kappa shape index (κ1) is 61.5. The van der Waals surface area contributed by atoms with Crippen molar-refractivity contribution in [1.82, 2.24) is 30.6 Å². The SMILES string of the molecule is CC(C)(C)OC=O.CC(C)(C)OC=O.Cc1ccc(N)c(F)c1.Cc1ccc(Nc2cc(OC3CC4COCC(C3)N4)ncn2)c(F)c1.Clc1cc(OC2CC3COCC(C2)N3)ncn1.O=S=O.O=S=O. The summed E-state index contributed by atoms with van der Waals surface area (Å²) in [6, 6.07) is 14.6. The van der Waals surface area contributed by atoms with Crippen LogP contribution in [0, 0.1) is 25.5 Å². The van der Waals surface area contributed by atoms with Crippen LogP contribution in [-0.2, 0) is 51.7 Å². The number of nitrogens with zero attached hydrogens (tertiary/aromatic N) is 4. The Bertz CT molecular complexity index is 2250.